The quantitative estimate of drug-likeness (QED) is 0.500. The van der Waals surface area contributed by atoms with Crippen LogP contribution in [0.1, 0.15) is 30.1 Å². The molecule has 150 valence electrons. The van der Waals surface area contributed by atoms with Crippen molar-refractivity contribution in [1.29, 1.82) is 0 Å². The van der Waals surface area contributed by atoms with Gasteiger partial charge in [-0.2, -0.15) is 0 Å². The monoisotopic (exact) mass is 414 g/mol. The third kappa shape index (κ3) is 3.58. The smallest absolute Gasteiger partial charge is 0.173 e. The molecule has 4 nitrogen and oxygen atoms in total. The lowest BCUT2D eigenvalue weighted by Crippen LogP contribution is -2.27. The second kappa shape index (κ2) is 7.69. The molecule has 1 aliphatic rings. The first-order valence-corrected chi connectivity index (χ1v) is 9.54. The third-order valence-corrected chi connectivity index (χ3v) is 5.48. The Labute approximate surface area is 173 Å². The van der Waals surface area contributed by atoms with E-state index in [-0.39, 0.29) is 23.9 Å². The number of hydrogen-bond donors (Lipinski definition) is 1. The molecule has 0 amide bonds. The Bertz CT molecular complexity index is 1200. The van der Waals surface area contributed by atoms with Gasteiger partial charge in [0.2, 0.25) is 0 Å². The highest BCUT2D eigenvalue weighted by Crippen LogP contribution is 2.30. The van der Waals surface area contributed by atoms with E-state index in [1.165, 1.54) is 12.1 Å². The largest absolute Gasteiger partial charge is 0.317 e. The fraction of sp³-hybridized carbons (Fsp3) is 0.273. The Morgan fingerprint density at radius 3 is 2.52 bits per heavy atom. The van der Waals surface area contributed by atoms with Crippen molar-refractivity contribution in [3.63, 3.8) is 0 Å². The number of aryl methyl sites for hydroxylation is 1. The van der Waals surface area contributed by atoms with Crippen molar-refractivity contribution in [2.75, 3.05) is 13.1 Å². The summed E-state index contributed by atoms with van der Waals surface area (Å²) >= 11 is 0. The number of halogens is 3. The minimum atomic E-state index is -0.425. The molecule has 0 radical (unpaired) electrons. The average Bonchev–Trinajstić information content (AvgIpc) is 3.09. The van der Waals surface area contributed by atoms with Crippen molar-refractivity contribution in [2.24, 2.45) is 0 Å². The van der Waals surface area contributed by atoms with Crippen LogP contribution in [0.5, 0.6) is 0 Å². The maximum Gasteiger partial charge on any atom is 0.173 e. The van der Waals surface area contributed by atoms with Crippen molar-refractivity contribution in [3.05, 3.63) is 65.7 Å². The fourth-order valence-corrected chi connectivity index (χ4v) is 4.06. The standard InChI is InChI=1S/C22H20F2N4.ClH/c1-13-11-28-12-17(10-19(24)22(28)26-13)16-8-15-2-3-20(14-4-6-25-7-5-14)27-21(15)18(23)9-16;/h2-3,8-12,14,25H,4-7H2,1H3;1H. The zero-order valence-electron chi connectivity index (χ0n) is 16.0. The summed E-state index contributed by atoms with van der Waals surface area (Å²) in [5.41, 5.74) is 3.55. The molecule has 0 unspecified atom stereocenters. The van der Waals surface area contributed by atoms with E-state index < -0.39 is 5.82 Å². The SMILES string of the molecule is Cc1cn2cc(-c3cc(F)c4nc(C5CCNCC5)ccc4c3)cc(F)c2n1.Cl. The van der Waals surface area contributed by atoms with Crippen molar-refractivity contribution < 1.29 is 8.78 Å². The minimum Gasteiger partial charge on any atom is -0.317 e. The Balaban J connectivity index is 0.00000205. The second-order valence-corrected chi connectivity index (χ2v) is 7.48. The number of benzene rings is 1. The summed E-state index contributed by atoms with van der Waals surface area (Å²) in [5, 5.41) is 4.06. The predicted molar refractivity (Wildman–Crippen MR) is 113 cm³/mol. The molecule has 0 saturated carbocycles. The van der Waals surface area contributed by atoms with E-state index >= 15 is 0 Å². The van der Waals surface area contributed by atoms with Crippen LogP contribution < -0.4 is 5.32 Å². The van der Waals surface area contributed by atoms with Crippen LogP contribution in [0.15, 0.2) is 42.7 Å². The summed E-state index contributed by atoms with van der Waals surface area (Å²) in [4.78, 5) is 8.78. The van der Waals surface area contributed by atoms with Gasteiger partial charge in [-0.3, -0.25) is 0 Å². The molecule has 0 bridgehead atoms. The molecule has 0 spiro atoms. The van der Waals surface area contributed by atoms with Gasteiger partial charge in [-0.1, -0.05) is 6.07 Å². The highest BCUT2D eigenvalue weighted by atomic mass is 35.5. The van der Waals surface area contributed by atoms with Gasteiger partial charge in [0.05, 0.1) is 5.69 Å². The molecule has 4 aromatic rings. The molecule has 1 saturated heterocycles. The maximum atomic E-state index is 14.9. The predicted octanol–water partition coefficient (Wildman–Crippen LogP) is 5.02. The van der Waals surface area contributed by atoms with Gasteiger partial charge in [-0.05, 0) is 62.7 Å². The number of nitrogens with zero attached hydrogens (tertiary/aromatic N) is 3. The molecule has 3 aromatic heterocycles. The van der Waals surface area contributed by atoms with E-state index in [9.17, 15) is 8.78 Å². The van der Waals surface area contributed by atoms with Gasteiger partial charge < -0.3 is 9.72 Å². The minimum absolute atomic E-state index is 0. The topological polar surface area (TPSA) is 42.2 Å². The van der Waals surface area contributed by atoms with E-state index in [2.05, 4.69) is 15.3 Å². The number of hydrogen-bond acceptors (Lipinski definition) is 3. The molecule has 7 heteroatoms. The molecule has 1 fully saturated rings. The number of fused-ring (bicyclic) bond motifs is 2. The van der Waals surface area contributed by atoms with Crippen LogP contribution >= 0.6 is 12.4 Å². The van der Waals surface area contributed by atoms with Crippen molar-refractivity contribution in [2.45, 2.75) is 25.7 Å². The van der Waals surface area contributed by atoms with Crippen LogP contribution in [0.2, 0.25) is 0 Å². The van der Waals surface area contributed by atoms with Gasteiger partial charge in [-0.15, -0.1) is 12.4 Å². The van der Waals surface area contributed by atoms with Gasteiger partial charge in [0.25, 0.3) is 0 Å². The van der Waals surface area contributed by atoms with E-state index in [1.807, 2.05) is 25.1 Å². The van der Waals surface area contributed by atoms with E-state index in [1.54, 1.807) is 16.8 Å². The van der Waals surface area contributed by atoms with Crippen molar-refractivity contribution >= 4 is 29.0 Å². The summed E-state index contributed by atoms with van der Waals surface area (Å²) in [6.07, 6.45) is 5.56. The molecule has 29 heavy (non-hydrogen) atoms. The highest BCUT2D eigenvalue weighted by Gasteiger charge is 2.18. The highest BCUT2D eigenvalue weighted by molar-refractivity contribution is 5.86. The Hall–Kier alpha value is -2.57. The summed E-state index contributed by atoms with van der Waals surface area (Å²) < 4.78 is 31.0. The van der Waals surface area contributed by atoms with Gasteiger partial charge in [-0.25, -0.2) is 18.7 Å². The average molecular weight is 415 g/mol. The number of nitrogens with one attached hydrogen (secondary N) is 1. The maximum absolute atomic E-state index is 14.9. The van der Waals surface area contributed by atoms with Crippen molar-refractivity contribution in [1.82, 2.24) is 19.7 Å². The fourth-order valence-electron chi connectivity index (χ4n) is 4.06. The summed E-state index contributed by atoms with van der Waals surface area (Å²) in [6.45, 7) is 3.74. The molecule has 4 heterocycles. The third-order valence-electron chi connectivity index (χ3n) is 5.48. The molecule has 5 rings (SSSR count). The zero-order chi connectivity index (χ0) is 19.3. The molecule has 1 aromatic carbocycles. The molecule has 0 atom stereocenters. The van der Waals surface area contributed by atoms with Crippen LogP contribution in [0.3, 0.4) is 0 Å². The Kier molecular flexibility index (Phi) is 5.23. The van der Waals surface area contributed by atoms with Gasteiger partial charge >= 0.3 is 0 Å². The van der Waals surface area contributed by atoms with E-state index in [4.69, 9.17) is 0 Å². The number of piperidine rings is 1. The first-order valence-electron chi connectivity index (χ1n) is 9.54. The lowest BCUT2D eigenvalue weighted by atomic mass is 9.93. The Morgan fingerprint density at radius 2 is 1.72 bits per heavy atom. The number of imidazole rings is 1. The number of rotatable bonds is 2. The lowest BCUT2D eigenvalue weighted by molar-refractivity contribution is 0.454. The van der Waals surface area contributed by atoms with Crippen LogP contribution in [0, 0.1) is 18.6 Å². The Morgan fingerprint density at radius 1 is 0.966 bits per heavy atom. The summed E-state index contributed by atoms with van der Waals surface area (Å²) in [6, 6.07) is 8.61. The van der Waals surface area contributed by atoms with E-state index in [0.717, 1.165) is 42.7 Å². The molecular formula is C22H21ClF2N4. The van der Waals surface area contributed by atoms with Crippen LogP contribution in [0.4, 0.5) is 8.78 Å². The van der Waals surface area contributed by atoms with E-state index in [0.29, 0.717) is 22.6 Å². The van der Waals surface area contributed by atoms with Gasteiger partial charge in [0.1, 0.15) is 11.3 Å². The van der Waals surface area contributed by atoms with Crippen LogP contribution in [-0.4, -0.2) is 27.5 Å². The lowest BCUT2D eigenvalue weighted by Gasteiger charge is -2.22. The van der Waals surface area contributed by atoms with Crippen molar-refractivity contribution in [3.8, 4) is 11.1 Å². The normalized spacial score (nSPS) is 15.0. The van der Waals surface area contributed by atoms with Gasteiger partial charge in [0.15, 0.2) is 11.5 Å². The second-order valence-electron chi connectivity index (χ2n) is 7.48. The molecule has 1 N–H and O–H groups in total. The number of pyridine rings is 2. The molecule has 1 aliphatic heterocycles. The first kappa shape index (κ1) is 19.7. The van der Waals surface area contributed by atoms with Crippen LogP contribution in [-0.2, 0) is 0 Å². The summed E-state index contributed by atoms with van der Waals surface area (Å²) in [5.74, 6) is -0.443. The molecular weight excluding hydrogens is 394 g/mol. The van der Waals surface area contributed by atoms with Gasteiger partial charge in [0, 0.05) is 35.0 Å². The summed E-state index contributed by atoms with van der Waals surface area (Å²) in [7, 11) is 0. The molecule has 0 aliphatic carbocycles. The van der Waals surface area contributed by atoms with Crippen LogP contribution in [0.25, 0.3) is 27.7 Å². The zero-order valence-corrected chi connectivity index (χ0v) is 16.8. The first-order chi connectivity index (χ1) is 13.6. The number of aromatic nitrogens is 3.